The molecule has 2 nitrogen and oxygen atoms in total. The van der Waals surface area contributed by atoms with E-state index in [1.54, 1.807) is 13.1 Å². The Hall–Kier alpha value is -1.07. The van der Waals surface area contributed by atoms with Gasteiger partial charge in [0.05, 0.1) is 23.8 Å². The number of likely N-dealkylation sites (N-methyl/N-ethyl adjacent to an activating group) is 1. The van der Waals surface area contributed by atoms with Crippen LogP contribution in [0.15, 0.2) is 24.3 Å². The highest BCUT2D eigenvalue weighted by atomic mass is 19.4. The molecule has 1 aromatic rings. The van der Waals surface area contributed by atoms with Gasteiger partial charge in [-0.05, 0) is 44.5 Å². The van der Waals surface area contributed by atoms with Gasteiger partial charge in [-0.1, -0.05) is 12.1 Å². The van der Waals surface area contributed by atoms with Crippen molar-refractivity contribution in [2.24, 2.45) is 0 Å². The second-order valence-corrected chi connectivity index (χ2v) is 4.95. The second kappa shape index (κ2) is 5.51. The number of nitrogens with one attached hydrogen (secondary N) is 1. The summed E-state index contributed by atoms with van der Waals surface area (Å²) >= 11 is 0. The van der Waals surface area contributed by atoms with Gasteiger partial charge in [0.25, 0.3) is 0 Å². The maximum Gasteiger partial charge on any atom is 0.416 e. The number of rotatable bonds is 3. The first-order chi connectivity index (χ1) is 8.91. The molecule has 3 atom stereocenters. The Labute approximate surface area is 111 Å². The lowest BCUT2D eigenvalue weighted by Gasteiger charge is -2.24. The van der Waals surface area contributed by atoms with E-state index in [4.69, 9.17) is 4.74 Å². The van der Waals surface area contributed by atoms with E-state index in [-0.39, 0.29) is 18.2 Å². The van der Waals surface area contributed by atoms with Crippen LogP contribution in [0.5, 0.6) is 0 Å². The molecule has 1 N–H and O–H groups in total. The maximum atomic E-state index is 12.7. The van der Waals surface area contributed by atoms with Gasteiger partial charge in [0.15, 0.2) is 0 Å². The monoisotopic (exact) mass is 273 g/mol. The quantitative estimate of drug-likeness (QED) is 0.909. The van der Waals surface area contributed by atoms with Crippen molar-refractivity contribution < 1.29 is 17.9 Å². The first-order valence-corrected chi connectivity index (χ1v) is 6.41. The normalized spacial score (nSPS) is 25.5. The highest BCUT2D eigenvalue weighted by molar-refractivity contribution is 5.28. The van der Waals surface area contributed by atoms with Crippen LogP contribution in [0.2, 0.25) is 0 Å². The molecule has 3 unspecified atom stereocenters. The summed E-state index contributed by atoms with van der Waals surface area (Å²) in [6.45, 7) is 1.98. The summed E-state index contributed by atoms with van der Waals surface area (Å²) in [7, 11) is 1.75. The molecule has 1 aromatic carbocycles. The van der Waals surface area contributed by atoms with Gasteiger partial charge in [0, 0.05) is 0 Å². The Balaban J connectivity index is 2.23. The first-order valence-electron chi connectivity index (χ1n) is 6.41. The van der Waals surface area contributed by atoms with Crippen molar-refractivity contribution >= 4 is 0 Å². The molecule has 0 aromatic heterocycles. The Morgan fingerprint density at radius 2 is 2.05 bits per heavy atom. The van der Waals surface area contributed by atoms with Crippen LogP contribution in [0.3, 0.4) is 0 Å². The topological polar surface area (TPSA) is 21.3 Å². The minimum absolute atomic E-state index is 0.0662. The van der Waals surface area contributed by atoms with Crippen LogP contribution >= 0.6 is 0 Å². The predicted molar refractivity (Wildman–Crippen MR) is 66.8 cm³/mol. The fraction of sp³-hybridized carbons (Fsp3) is 0.571. The minimum atomic E-state index is -4.31. The standard InChI is InChI=1S/C14H18F3NO/c1-9-6-7-12(19-9)13(18-2)10-4-3-5-11(8-10)14(15,16)17/h3-5,8-9,12-13,18H,6-7H2,1-2H3. The summed E-state index contributed by atoms with van der Waals surface area (Å²) in [4.78, 5) is 0. The van der Waals surface area contributed by atoms with Crippen LogP contribution in [-0.2, 0) is 10.9 Å². The molecule has 0 saturated carbocycles. The summed E-state index contributed by atoms with van der Waals surface area (Å²) in [5.74, 6) is 0. The zero-order valence-corrected chi connectivity index (χ0v) is 11.0. The lowest BCUT2D eigenvalue weighted by Crippen LogP contribution is -2.29. The fourth-order valence-corrected chi connectivity index (χ4v) is 2.55. The van der Waals surface area contributed by atoms with E-state index in [1.165, 1.54) is 12.1 Å². The van der Waals surface area contributed by atoms with Gasteiger partial charge in [0.2, 0.25) is 0 Å². The molecule has 1 aliphatic heterocycles. The Morgan fingerprint density at radius 3 is 2.58 bits per heavy atom. The smallest absolute Gasteiger partial charge is 0.373 e. The predicted octanol–water partition coefficient (Wildman–Crippen LogP) is 3.53. The number of benzene rings is 1. The van der Waals surface area contributed by atoms with E-state index in [1.807, 2.05) is 6.92 Å². The lowest BCUT2D eigenvalue weighted by atomic mass is 9.97. The summed E-state index contributed by atoms with van der Waals surface area (Å²) in [6, 6.07) is 5.25. The maximum absolute atomic E-state index is 12.7. The van der Waals surface area contributed by atoms with Crippen molar-refractivity contribution in [3.05, 3.63) is 35.4 Å². The third kappa shape index (κ3) is 3.28. The van der Waals surface area contributed by atoms with Crippen molar-refractivity contribution in [3.63, 3.8) is 0 Å². The second-order valence-electron chi connectivity index (χ2n) is 4.95. The molecule has 1 aliphatic rings. The third-order valence-electron chi connectivity index (χ3n) is 3.52. The number of halogens is 3. The molecule has 0 aliphatic carbocycles. The van der Waals surface area contributed by atoms with Gasteiger partial charge >= 0.3 is 6.18 Å². The van der Waals surface area contributed by atoms with Gasteiger partial charge in [-0.25, -0.2) is 0 Å². The van der Waals surface area contributed by atoms with E-state index in [0.717, 1.165) is 18.9 Å². The van der Waals surface area contributed by atoms with Crippen molar-refractivity contribution in [1.29, 1.82) is 0 Å². The van der Waals surface area contributed by atoms with Gasteiger partial charge < -0.3 is 10.1 Å². The molecule has 1 fully saturated rings. The summed E-state index contributed by atoms with van der Waals surface area (Å²) in [5, 5.41) is 3.07. The fourth-order valence-electron chi connectivity index (χ4n) is 2.55. The number of hydrogen-bond donors (Lipinski definition) is 1. The largest absolute Gasteiger partial charge is 0.416 e. The number of ether oxygens (including phenoxy) is 1. The average Bonchev–Trinajstić information content (AvgIpc) is 2.76. The Bertz CT molecular complexity index is 433. The van der Waals surface area contributed by atoms with Crippen LogP contribution in [-0.4, -0.2) is 19.3 Å². The zero-order valence-electron chi connectivity index (χ0n) is 11.0. The lowest BCUT2D eigenvalue weighted by molar-refractivity contribution is -0.137. The Kier molecular flexibility index (Phi) is 4.16. The van der Waals surface area contributed by atoms with Crippen LogP contribution in [0.1, 0.15) is 36.9 Å². The van der Waals surface area contributed by atoms with Crippen molar-refractivity contribution in [1.82, 2.24) is 5.32 Å². The summed E-state index contributed by atoms with van der Waals surface area (Å²) < 4.78 is 43.9. The highest BCUT2D eigenvalue weighted by Crippen LogP contribution is 2.34. The molecule has 0 bridgehead atoms. The zero-order chi connectivity index (χ0) is 14.0. The molecule has 106 valence electrons. The average molecular weight is 273 g/mol. The molecular formula is C14H18F3NO. The molecule has 0 amide bonds. The van der Waals surface area contributed by atoms with E-state index in [2.05, 4.69) is 5.32 Å². The van der Waals surface area contributed by atoms with Crippen LogP contribution in [0.25, 0.3) is 0 Å². The highest BCUT2D eigenvalue weighted by Gasteiger charge is 2.33. The van der Waals surface area contributed by atoms with Gasteiger partial charge in [0.1, 0.15) is 0 Å². The van der Waals surface area contributed by atoms with Crippen LogP contribution < -0.4 is 5.32 Å². The molecule has 1 saturated heterocycles. The number of alkyl halides is 3. The van der Waals surface area contributed by atoms with Gasteiger partial charge in [-0.2, -0.15) is 13.2 Å². The molecule has 0 radical (unpaired) electrons. The van der Waals surface area contributed by atoms with E-state index in [0.29, 0.717) is 5.56 Å². The Morgan fingerprint density at radius 1 is 1.32 bits per heavy atom. The van der Waals surface area contributed by atoms with Gasteiger partial charge in [-0.3, -0.25) is 0 Å². The minimum Gasteiger partial charge on any atom is -0.373 e. The molecule has 1 heterocycles. The van der Waals surface area contributed by atoms with E-state index < -0.39 is 11.7 Å². The van der Waals surface area contributed by atoms with Gasteiger partial charge in [-0.15, -0.1) is 0 Å². The molecular weight excluding hydrogens is 255 g/mol. The SMILES string of the molecule is CNC(c1cccc(C(F)(F)F)c1)C1CCC(C)O1. The van der Waals surface area contributed by atoms with E-state index in [9.17, 15) is 13.2 Å². The summed E-state index contributed by atoms with van der Waals surface area (Å²) in [5.41, 5.74) is 0.00715. The molecule has 2 rings (SSSR count). The number of hydrogen-bond acceptors (Lipinski definition) is 2. The van der Waals surface area contributed by atoms with Crippen molar-refractivity contribution in [2.75, 3.05) is 7.05 Å². The first kappa shape index (κ1) is 14.3. The van der Waals surface area contributed by atoms with Crippen LogP contribution in [0.4, 0.5) is 13.2 Å². The van der Waals surface area contributed by atoms with Crippen LogP contribution in [0, 0.1) is 0 Å². The van der Waals surface area contributed by atoms with Crippen molar-refractivity contribution in [3.8, 4) is 0 Å². The molecule has 0 spiro atoms. The van der Waals surface area contributed by atoms with Crippen molar-refractivity contribution in [2.45, 2.75) is 44.2 Å². The summed E-state index contributed by atoms with van der Waals surface area (Å²) in [6.07, 6.45) is -2.39. The third-order valence-corrected chi connectivity index (χ3v) is 3.52. The molecule has 19 heavy (non-hydrogen) atoms. The molecule has 5 heteroatoms. The van der Waals surface area contributed by atoms with E-state index >= 15 is 0 Å².